The number of carbonyl (C=O) groups is 1. The van der Waals surface area contributed by atoms with Gasteiger partial charge in [-0.3, -0.25) is 5.26 Å². The maximum absolute atomic E-state index is 11.5. The lowest BCUT2D eigenvalue weighted by molar-refractivity contribution is -0.284. The Hall–Kier alpha value is -1.31. The molecule has 12 unspecified atom stereocenters. The summed E-state index contributed by atoms with van der Waals surface area (Å²) < 4.78 is 69.4. The van der Waals surface area contributed by atoms with Crippen molar-refractivity contribution in [1.82, 2.24) is 0 Å². The number of esters is 1. The molecule has 0 radical (unpaired) electrons. The zero-order valence-electron chi connectivity index (χ0n) is 36.3. The van der Waals surface area contributed by atoms with E-state index in [9.17, 15) is 4.79 Å². The van der Waals surface area contributed by atoms with Crippen LogP contribution in [-0.4, -0.2) is 164 Å². The molecule has 0 heterocycles. The van der Waals surface area contributed by atoms with Gasteiger partial charge in [-0.2, -0.15) is 0 Å². The summed E-state index contributed by atoms with van der Waals surface area (Å²) in [6.07, 6.45) is -1.76. The van der Waals surface area contributed by atoms with Gasteiger partial charge in [0.05, 0.1) is 140 Å². The highest BCUT2D eigenvalue weighted by atomic mass is 17.1. The average molecular weight is 799 g/mol. The van der Waals surface area contributed by atoms with Crippen molar-refractivity contribution in [2.45, 2.75) is 163 Å². The zero-order valence-corrected chi connectivity index (χ0v) is 36.3. The van der Waals surface area contributed by atoms with E-state index in [1.54, 1.807) is 13.8 Å². The van der Waals surface area contributed by atoms with Crippen molar-refractivity contribution in [3.63, 3.8) is 0 Å². The van der Waals surface area contributed by atoms with Crippen LogP contribution in [0.15, 0.2) is 12.2 Å². The molecule has 0 aromatic carbocycles. The fourth-order valence-corrected chi connectivity index (χ4v) is 4.17. The third kappa shape index (κ3) is 32.4. The molecule has 0 bridgehead atoms. The van der Waals surface area contributed by atoms with Crippen molar-refractivity contribution in [3.8, 4) is 0 Å². The topological polar surface area (TPSA) is 157 Å². The standard InChI is InChI=1S/C40H78O15/c1-27(2)40(41)54-25-38(13)52-23-36(11)50-21-34(9)48-19-32(7)46-17-30(5)44-15-28(3)43-16-29(4)45-18-31(6)47-20-33(8)49-22-35(10)51-24-37(12)53-26-39(14)55-42/h28-39,42H,1,15-26H2,2-14H3. The van der Waals surface area contributed by atoms with Crippen LogP contribution < -0.4 is 0 Å². The minimum Gasteiger partial charge on any atom is -0.460 e. The number of carbonyl (C=O) groups excluding carboxylic acids is 1. The first-order valence-corrected chi connectivity index (χ1v) is 19.8. The third-order valence-electron chi connectivity index (χ3n) is 7.75. The van der Waals surface area contributed by atoms with Gasteiger partial charge in [-0.1, -0.05) is 6.58 Å². The molecule has 0 aromatic heterocycles. The van der Waals surface area contributed by atoms with Gasteiger partial charge in [-0.05, 0) is 90.0 Å². The molecule has 0 amide bonds. The van der Waals surface area contributed by atoms with Crippen LogP contribution in [0.25, 0.3) is 0 Å². The highest BCUT2D eigenvalue weighted by Crippen LogP contribution is 2.07. The van der Waals surface area contributed by atoms with E-state index in [4.69, 9.17) is 62.1 Å². The van der Waals surface area contributed by atoms with E-state index in [1.807, 2.05) is 76.2 Å². The second-order valence-electron chi connectivity index (χ2n) is 14.9. The molecule has 1 N–H and O–H groups in total. The lowest BCUT2D eigenvalue weighted by Gasteiger charge is -2.23. The number of hydrogen-bond donors (Lipinski definition) is 1. The molecule has 0 rings (SSSR count). The van der Waals surface area contributed by atoms with E-state index in [-0.39, 0.29) is 86.5 Å². The zero-order chi connectivity index (χ0) is 41.8. The summed E-state index contributed by atoms with van der Waals surface area (Å²) in [5.41, 5.74) is 0.360. The smallest absolute Gasteiger partial charge is 0.333 e. The summed E-state index contributed by atoms with van der Waals surface area (Å²) in [7, 11) is 0. The van der Waals surface area contributed by atoms with E-state index >= 15 is 0 Å². The van der Waals surface area contributed by atoms with Crippen LogP contribution in [0.4, 0.5) is 0 Å². The second-order valence-corrected chi connectivity index (χ2v) is 14.9. The van der Waals surface area contributed by atoms with Crippen molar-refractivity contribution >= 4 is 5.97 Å². The molecule has 0 fully saturated rings. The second kappa shape index (κ2) is 32.6. The van der Waals surface area contributed by atoms with Gasteiger partial charge in [-0.25, -0.2) is 9.68 Å². The summed E-state index contributed by atoms with van der Waals surface area (Å²) in [4.78, 5) is 15.7. The molecule has 0 aliphatic rings. The van der Waals surface area contributed by atoms with Crippen LogP contribution in [0.2, 0.25) is 0 Å². The number of ether oxygens (including phenoxy) is 12. The molecule has 55 heavy (non-hydrogen) atoms. The monoisotopic (exact) mass is 799 g/mol. The van der Waals surface area contributed by atoms with E-state index in [1.165, 1.54) is 0 Å². The van der Waals surface area contributed by atoms with Gasteiger partial charge in [0.15, 0.2) is 0 Å². The van der Waals surface area contributed by atoms with E-state index in [0.29, 0.717) is 71.6 Å². The van der Waals surface area contributed by atoms with Crippen molar-refractivity contribution < 1.29 is 71.8 Å². The highest BCUT2D eigenvalue weighted by Gasteiger charge is 2.17. The van der Waals surface area contributed by atoms with Gasteiger partial charge in [0.2, 0.25) is 0 Å². The molecular weight excluding hydrogens is 720 g/mol. The Kier molecular flexibility index (Phi) is 31.8. The Labute approximate surface area is 332 Å². The first kappa shape index (κ1) is 53.7. The number of rotatable bonds is 37. The Morgan fingerprint density at radius 1 is 0.364 bits per heavy atom. The van der Waals surface area contributed by atoms with Crippen LogP contribution in [0, 0.1) is 0 Å². The molecule has 0 aliphatic carbocycles. The van der Waals surface area contributed by atoms with Crippen LogP contribution in [-0.2, 0) is 66.5 Å². The predicted molar refractivity (Wildman–Crippen MR) is 209 cm³/mol. The minimum absolute atomic E-state index is 0.101. The highest BCUT2D eigenvalue weighted by molar-refractivity contribution is 5.86. The van der Waals surface area contributed by atoms with Gasteiger partial charge < -0.3 is 56.8 Å². The van der Waals surface area contributed by atoms with Crippen LogP contribution in [0.1, 0.15) is 90.0 Å². The first-order chi connectivity index (χ1) is 25.9. The van der Waals surface area contributed by atoms with Crippen molar-refractivity contribution in [1.29, 1.82) is 0 Å². The quantitative estimate of drug-likeness (QED) is 0.0367. The number of hydrogen-bond acceptors (Lipinski definition) is 15. The van der Waals surface area contributed by atoms with Crippen molar-refractivity contribution in [2.24, 2.45) is 0 Å². The molecule has 328 valence electrons. The van der Waals surface area contributed by atoms with Crippen molar-refractivity contribution in [3.05, 3.63) is 12.2 Å². The molecule has 12 atom stereocenters. The molecule has 0 spiro atoms. The Morgan fingerprint density at radius 3 is 0.691 bits per heavy atom. The van der Waals surface area contributed by atoms with Crippen LogP contribution in [0.5, 0.6) is 0 Å². The molecular formula is C40H78O15. The predicted octanol–water partition coefficient (Wildman–Crippen LogP) is 5.44. The Morgan fingerprint density at radius 2 is 0.527 bits per heavy atom. The largest absolute Gasteiger partial charge is 0.460 e. The van der Waals surface area contributed by atoms with Crippen molar-refractivity contribution in [2.75, 3.05) is 79.3 Å². The maximum Gasteiger partial charge on any atom is 0.333 e. The minimum atomic E-state index is -0.424. The normalized spacial score (nSPS) is 18.7. The summed E-state index contributed by atoms with van der Waals surface area (Å²) in [6, 6.07) is 0. The van der Waals surface area contributed by atoms with E-state index < -0.39 is 5.97 Å². The van der Waals surface area contributed by atoms with Crippen LogP contribution in [0.3, 0.4) is 0 Å². The van der Waals surface area contributed by atoms with Gasteiger partial charge in [-0.15, -0.1) is 0 Å². The van der Waals surface area contributed by atoms with Gasteiger partial charge >= 0.3 is 5.97 Å². The summed E-state index contributed by atoms with van der Waals surface area (Å²) >= 11 is 0. The first-order valence-electron chi connectivity index (χ1n) is 19.8. The van der Waals surface area contributed by atoms with Gasteiger partial charge in [0.25, 0.3) is 0 Å². The summed E-state index contributed by atoms with van der Waals surface area (Å²) in [5, 5.41) is 8.61. The SMILES string of the molecule is C=C(C)C(=O)OCC(C)OCC(C)OCC(C)OCC(C)OCC(C)OCC(C)OCC(C)OCC(C)OCC(C)OCC(C)OCC(C)OCC(C)OO. The third-order valence-corrected chi connectivity index (χ3v) is 7.75. The molecule has 15 heteroatoms. The molecule has 0 aliphatic heterocycles. The molecule has 15 nitrogen and oxygen atoms in total. The maximum atomic E-state index is 11.5. The summed E-state index contributed by atoms with van der Waals surface area (Å²) in [5.74, 6) is -0.424. The average Bonchev–Trinajstić information content (AvgIpc) is 3.16. The fraction of sp³-hybridized carbons (Fsp3) is 0.925. The van der Waals surface area contributed by atoms with Crippen LogP contribution >= 0.6 is 0 Å². The molecule has 0 aromatic rings. The molecule has 0 saturated carbocycles. The lowest BCUT2D eigenvalue weighted by Crippen LogP contribution is -2.31. The Bertz CT molecular complexity index is 942. The van der Waals surface area contributed by atoms with Gasteiger partial charge in [0, 0.05) is 5.57 Å². The lowest BCUT2D eigenvalue weighted by atomic mass is 10.3. The Balaban J connectivity index is 3.97. The van der Waals surface area contributed by atoms with E-state index in [2.05, 4.69) is 11.5 Å². The summed E-state index contributed by atoms with van der Waals surface area (Å²) in [6.45, 7) is 32.9. The van der Waals surface area contributed by atoms with E-state index in [0.717, 1.165) is 0 Å². The molecule has 0 saturated heterocycles. The van der Waals surface area contributed by atoms with Gasteiger partial charge in [0.1, 0.15) is 12.7 Å². The fourth-order valence-electron chi connectivity index (χ4n) is 4.17.